The molecule has 1 aliphatic heterocycles. The molecular formula is C12H15N3. The van der Waals surface area contributed by atoms with E-state index in [2.05, 4.69) is 38.7 Å². The lowest BCUT2D eigenvalue weighted by molar-refractivity contribution is 0.567. The van der Waals surface area contributed by atoms with Gasteiger partial charge in [0.15, 0.2) is 0 Å². The van der Waals surface area contributed by atoms with Crippen LogP contribution in [0.15, 0.2) is 30.6 Å². The van der Waals surface area contributed by atoms with Crippen LogP contribution in [-0.2, 0) is 0 Å². The highest BCUT2D eigenvalue weighted by molar-refractivity contribution is 5.52. The lowest BCUT2D eigenvalue weighted by Crippen LogP contribution is -2.30. The summed E-state index contributed by atoms with van der Waals surface area (Å²) in [5.41, 5.74) is 1.18. The summed E-state index contributed by atoms with van der Waals surface area (Å²) in [6.45, 7) is 2.29. The summed E-state index contributed by atoms with van der Waals surface area (Å²) in [6.07, 6.45) is 7.99. The molecule has 0 aromatic carbocycles. The van der Waals surface area contributed by atoms with E-state index >= 15 is 0 Å². The smallest absolute Gasteiger partial charge is 0.210 e. The molecule has 3 heteroatoms. The van der Waals surface area contributed by atoms with Crippen molar-refractivity contribution in [1.29, 1.82) is 0 Å². The molecule has 1 saturated heterocycles. The maximum absolute atomic E-state index is 4.51. The summed E-state index contributed by atoms with van der Waals surface area (Å²) in [4.78, 5) is 6.89. The van der Waals surface area contributed by atoms with Crippen molar-refractivity contribution in [3.05, 3.63) is 30.6 Å². The minimum Gasteiger partial charge on any atom is -0.342 e. The third-order valence-electron chi connectivity index (χ3n) is 3.06. The van der Waals surface area contributed by atoms with Gasteiger partial charge >= 0.3 is 0 Å². The lowest BCUT2D eigenvalue weighted by atomic mass is 10.1. The van der Waals surface area contributed by atoms with E-state index in [0.717, 1.165) is 19.0 Å². The highest BCUT2D eigenvalue weighted by Gasteiger charge is 2.14. The van der Waals surface area contributed by atoms with Gasteiger partial charge in [-0.3, -0.25) is 4.40 Å². The first-order valence-electron chi connectivity index (χ1n) is 5.62. The highest BCUT2D eigenvalue weighted by Crippen LogP contribution is 2.19. The Morgan fingerprint density at radius 2 is 1.93 bits per heavy atom. The Morgan fingerprint density at radius 1 is 1.07 bits per heavy atom. The van der Waals surface area contributed by atoms with Crippen molar-refractivity contribution in [2.24, 2.45) is 0 Å². The van der Waals surface area contributed by atoms with Crippen molar-refractivity contribution in [3.8, 4) is 0 Å². The molecule has 0 atom stereocenters. The topological polar surface area (TPSA) is 20.5 Å². The minimum atomic E-state index is 1.10. The Hall–Kier alpha value is -1.51. The third-order valence-corrected chi connectivity index (χ3v) is 3.06. The van der Waals surface area contributed by atoms with E-state index in [1.165, 1.54) is 24.8 Å². The van der Waals surface area contributed by atoms with Crippen molar-refractivity contribution in [3.63, 3.8) is 0 Å². The van der Waals surface area contributed by atoms with Gasteiger partial charge < -0.3 is 4.90 Å². The highest BCUT2D eigenvalue weighted by atomic mass is 15.3. The summed E-state index contributed by atoms with van der Waals surface area (Å²) in [5, 5.41) is 0. The number of piperidine rings is 1. The molecule has 0 aliphatic carbocycles. The molecule has 0 unspecified atom stereocenters. The Morgan fingerprint density at radius 3 is 2.80 bits per heavy atom. The van der Waals surface area contributed by atoms with E-state index in [0.29, 0.717) is 0 Å². The number of fused-ring (bicyclic) bond motifs is 1. The molecule has 0 radical (unpaired) electrons. The second-order valence-electron chi connectivity index (χ2n) is 4.10. The number of aromatic nitrogens is 2. The molecule has 78 valence electrons. The Kier molecular flexibility index (Phi) is 2.09. The van der Waals surface area contributed by atoms with Crippen LogP contribution in [-0.4, -0.2) is 22.5 Å². The zero-order valence-corrected chi connectivity index (χ0v) is 8.76. The number of imidazole rings is 1. The van der Waals surface area contributed by atoms with Crippen LogP contribution in [0.5, 0.6) is 0 Å². The number of pyridine rings is 1. The predicted octanol–water partition coefficient (Wildman–Crippen LogP) is 2.32. The number of anilines is 1. The van der Waals surface area contributed by atoms with Gasteiger partial charge in [-0.1, -0.05) is 6.07 Å². The van der Waals surface area contributed by atoms with Gasteiger partial charge in [0.05, 0.1) is 11.7 Å². The Labute approximate surface area is 89.3 Å². The second-order valence-corrected chi connectivity index (χ2v) is 4.10. The minimum absolute atomic E-state index is 1.10. The number of rotatable bonds is 1. The van der Waals surface area contributed by atoms with Crippen LogP contribution in [0.4, 0.5) is 5.95 Å². The molecule has 1 fully saturated rings. The van der Waals surface area contributed by atoms with Crippen LogP contribution in [0.1, 0.15) is 19.3 Å². The molecule has 2 aromatic heterocycles. The Bertz CT molecular complexity index is 455. The SMILES string of the molecule is c1ccn2c(N3CCCCC3)ncc2c1. The average Bonchev–Trinajstić information content (AvgIpc) is 2.74. The van der Waals surface area contributed by atoms with E-state index in [1.807, 2.05) is 6.20 Å². The van der Waals surface area contributed by atoms with Crippen molar-refractivity contribution < 1.29 is 0 Å². The molecule has 0 saturated carbocycles. The number of hydrogen-bond acceptors (Lipinski definition) is 2. The molecule has 3 rings (SSSR count). The maximum atomic E-state index is 4.51. The van der Waals surface area contributed by atoms with Gasteiger partial charge in [-0.05, 0) is 31.4 Å². The van der Waals surface area contributed by atoms with Crippen molar-refractivity contribution in [2.45, 2.75) is 19.3 Å². The first kappa shape index (κ1) is 8.77. The van der Waals surface area contributed by atoms with Gasteiger partial charge in [0.25, 0.3) is 0 Å². The predicted molar refractivity (Wildman–Crippen MR) is 61.3 cm³/mol. The third kappa shape index (κ3) is 1.48. The molecule has 1 aliphatic rings. The van der Waals surface area contributed by atoms with Crippen LogP contribution < -0.4 is 4.90 Å². The molecule has 2 aromatic rings. The largest absolute Gasteiger partial charge is 0.342 e. The summed E-state index contributed by atoms with van der Waals surface area (Å²) < 4.78 is 2.17. The summed E-state index contributed by atoms with van der Waals surface area (Å²) in [6, 6.07) is 6.21. The van der Waals surface area contributed by atoms with E-state index in [-0.39, 0.29) is 0 Å². The van der Waals surface area contributed by atoms with Gasteiger partial charge in [-0.25, -0.2) is 4.98 Å². The first-order valence-corrected chi connectivity index (χ1v) is 5.62. The van der Waals surface area contributed by atoms with Gasteiger partial charge in [-0.2, -0.15) is 0 Å². The van der Waals surface area contributed by atoms with Crippen LogP contribution in [0.2, 0.25) is 0 Å². The summed E-state index contributed by atoms with van der Waals surface area (Å²) in [7, 11) is 0. The molecule has 3 heterocycles. The lowest BCUT2D eigenvalue weighted by Gasteiger charge is -2.26. The van der Waals surface area contributed by atoms with Crippen molar-refractivity contribution >= 4 is 11.5 Å². The molecule has 0 bridgehead atoms. The zero-order chi connectivity index (χ0) is 10.1. The fraction of sp³-hybridized carbons (Fsp3) is 0.417. The van der Waals surface area contributed by atoms with Gasteiger partial charge in [0.1, 0.15) is 0 Å². The van der Waals surface area contributed by atoms with E-state index < -0.39 is 0 Å². The normalized spacial score (nSPS) is 17.2. The molecule has 0 N–H and O–H groups in total. The van der Waals surface area contributed by atoms with Crippen LogP contribution >= 0.6 is 0 Å². The van der Waals surface area contributed by atoms with E-state index in [9.17, 15) is 0 Å². The molecule has 3 nitrogen and oxygen atoms in total. The average molecular weight is 201 g/mol. The van der Waals surface area contributed by atoms with Crippen LogP contribution in [0, 0.1) is 0 Å². The Balaban J connectivity index is 2.02. The second kappa shape index (κ2) is 3.57. The molecule has 0 spiro atoms. The number of hydrogen-bond donors (Lipinski definition) is 0. The van der Waals surface area contributed by atoms with Crippen LogP contribution in [0.25, 0.3) is 5.52 Å². The monoisotopic (exact) mass is 201 g/mol. The molecule has 15 heavy (non-hydrogen) atoms. The summed E-state index contributed by atoms with van der Waals surface area (Å²) in [5.74, 6) is 1.10. The maximum Gasteiger partial charge on any atom is 0.210 e. The summed E-state index contributed by atoms with van der Waals surface area (Å²) >= 11 is 0. The number of nitrogens with zero attached hydrogens (tertiary/aromatic N) is 3. The first-order chi connectivity index (χ1) is 7.45. The van der Waals surface area contributed by atoms with Gasteiger partial charge in [0, 0.05) is 19.3 Å². The van der Waals surface area contributed by atoms with Crippen LogP contribution in [0.3, 0.4) is 0 Å². The quantitative estimate of drug-likeness (QED) is 0.706. The zero-order valence-electron chi connectivity index (χ0n) is 8.76. The van der Waals surface area contributed by atoms with Gasteiger partial charge in [0.2, 0.25) is 5.95 Å². The van der Waals surface area contributed by atoms with Gasteiger partial charge in [-0.15, -0.1) is 0 Å². The van der Waals surface area contributed by atoms with Crippen molar-refractivity contribution in [2.75, 3.05) is 18.0 Å². The molecule has 0 amide bonds. The molecular weight excluding hydrogens is 186 g/mol. The fourth-order valence-corrected chi connectivity index (χ4v) is 2.26. The standard InChI is InChI=1S/C12H15N3/c1-3-7-14(8-4-1)12-13-10-11-6-2-5-9-15(11)12/h2,5-6,9-10H,1,3-4,7-8H2. The van der Waals surface area contributed by atoms with Crippen molar-refractivity contribution in [1.82, 2.24) is 9.38 Å². The fourth-order valence-electron chi connectivity index (χ4n) is 2.26. The van der Waals surface area contributed by atoms with E-state index in [1.54, 1.807) is 0 Å². The van der Waals surface area contributed by atoms with E-state index in [4.69, 9.17) is 0 Å².